The Morgan fingerprint density at radius 1 is 0.909 bits per heavy atom. The van der Waals surface area contributed by atoms with E-state index in [0.717, 1.165) is 11.1 Å². The third-order valence-corrected chi connectivity index (χ3v) is 3.36. The van der Waals surface area contributed by atoms with Crippen LogP contribution in [0, 0.1) is 5.82 Å². The van der Waals surface area contributed by atoms with Gasteiger partial charge in [-0.3, -0.25) is 4.79 Å². The summed E-state index contributed by atoms with van der Waals surface area (Å²) in [5.74, 6) is -0.390. The Kier molecular flexibility index (Phi) is 4.01. The maximum absolute atomic E-state index is 13.1. The van der Waals surface area contributed by atoms with E-state index in [1.54, 1.807) is 24.3 Å². The molecule has 0 saturated carbocycles. The van der Waals surface area contributed by atoms with E-state index in [1.807, 2.05) is 30.3 Å². The average molecular weight is 295 g/mol. The van der Waals surface area contributed by atoms with Crippen LogP contribution in [0.2, 0.25) is 0 Å². The second kappa shape index (κ2) is 6.26. The van der Waals surface area contributed by atoms with Crippen molar-refractivity contribution in [3.63, 3.8) is 0 Å². The van der Waals surface area contributed by atoms with Crippen LogP contribution >= 0.6 is 0 Å². The van der Waals surface area contributed by atoms with Crippen molar-refractivity contribution in [1.29, 1.82) is 0 Å². The molecule has 110 valence electrons. The first-order chi connectivity index (χ1) is 10.7. The Hall–Kier alpha value is -2.88. The van der Waals surface area contributed by atoms with Gasteiger partial charge in [-0.05, 0) is 35.4 Å². The number of nitrogens with one attached hydrogen (secondary N) is 1. The molecular formula is C18H14FNO2. The maximum atomic E-state index is 13.1. The zero-order chi connectivity index (χ0) is 15.4. The van der Waals surface area contributed by atoms with Crippen molar-refractivity contribution in [1.82, 2.24) is 5.32 Å². The zero-order valence-electron chi connectivity index (χ0n) is 11.7. The van der Waals surface area contributed by atoms with Gasteiger partial charge in [0.15, 0.2) is 5.76 Å². The standard InChI is InChI=1S/C18H14FNO2/c19-15-10-8-14(9-11-15)17(13-5-2-1-3-6-13)20-18(21)16-7-4-12-22-16/h1-12,17H,(H,20,21). The number of halogens is 1. The van der Waals surface area contributed by atoms with Crippen LogP contribution in [0.15, 0.2) is 77.4 Å². The number of amides is 1. The average Bonchev–Trinajstić information content (AvgIpc) is 3.09. The highest BCUT2D eigenvalue weighted by Gasteiger charge is 2.19. The second-order valence-electron chi connectivity index (χ2n) is 4.85. The van der Waals surface area contributed by atoms with Gasteiger partial charge < -0.3 is 9.73 Å². The Morgan fingerprint density at radius 3 is 2.23 bits per heavy atom. The van der Waals surface area contributed by atoms with Crippen molar-refractivity contribution in [3.8, 4) is 0 Å². The van der Waals surface area contributed by atoms with E-state index in [-0.39, 0.29) is 23.5 Å². The highest BCUT2D eigenvalue weighted by Crippen LogP contribution is 2.22. The number of rotatable bonds is 4. The molecule has 0 bridgehead atoms. The van der Waals surface area contributed by atoms with E-state index in [2.05, 4.69) is 5.32 Å². The summed E-state index contributed by atoms with van der Waals surface area (Å²) in [6.45, 7) is 0. The molecule has 0 fully saturated rings. The summed E-state index contributed by atoms with van der Waals surface area (Å²) < 4.78 is 18.3. The number of hydrogen-bond acceptors (Lipinski definition) is 2. The van der Waals surface area contributed by atoms with Gasteiger partial charge in [0.2, 0.25) is 0 Å². The van der Waals surface area contributed by atoms with Gasteiger partial charge in [0, 0.05) is 0 Å². The van der Waals surface area contributed by atoms with Crippen LogP contribution in [0.3, 0.4) is 0 Å². The molecule has 1 aromatic heterocycles. The molecule has 0 spiro atoms. The van der Waals surface area contributed by atoms with Gasteiger partial charge in [-0.15, -0.1) is 0 Å². The van der Waals surface area contributed by atoms with Gasteiger partial charge in [0.25, 0.3) is 5.91 Å². The molecule has 4 heteroatoms. The lowest BCUT2D eigenvalue weighted by Gasteiger charge is -2.19. The molecule has 0 saturated heterocycles. The monoisotopic (exact) mass is 295 g/mol. The summed E-state index contributed by atoms with van der Waals surface area (Å²) in [6, 6.07) is 18.5. The van der Waals surface area contributed by atoms with Gasteiger partial charge in [0.1, 0.15) is 5.82 Å². The summed E-state index contributed by atoms with van der Waals surface area (Å²) >= 11 is 0. The minimum Gasteiger partial charge on any atom is -0.459 e. The maximum Gasteiger partial charge on any atom is 0.287 e. The number of carbonyl (C=O) groups excluding carboxylic acids is 1. The van der Waals surface area contributed by atoms with Crippen molar-refractivity contribution in [2.24, 2.45) is 0 Å². The highest BCUT2D eigenvalue weighted by molar-refractivity contribution is 5.91. The lowest BCUT2D eigenvalue weighted by molar-refractivity contribution is 0.0915. The Bertz CT molecular complexity index is 737. The first kappa shape index (κ1) is 14.1. The second-order valence-corrected chi connectivity index (χ2v) is 4.85. The van der Waals surface area contributed by atoms with Gasteiger partial charge in [-0.1, -0.05) is 42.5 Å². The number of benzene rings is 2. The van der Waals surface area contributed by atoms with Gasteiger partial charge in [0.05, 0.1) is 12.3 Å². The Labute approximate surface area is 127 Å². The van der Waals surface area contributed by atoms with Crippen molar-refractivity contribution in [2.45, 2.75) is 6.04 Å². The molecule has 22 heavy (non-hydrogen) atoms. The van der Waals surface area contributed by atoms with E-state index in [4.69, 9.17) is 4.42 Å². The SMILES string of the molecule is O=C(NC(c1ccccc1)c1ccc(F)cc1)c1ccco1. The third-order valence-electron chi connectivity index (χ3n) is 3.36. The van der Waals surface area contributed by atoms with E-state index < -0.39 is 0 Å². The number of carbonyl (C=O) groups is 1. The van der Waals surface area contributed by atoms with Crippen LogP contribution in [0.25, 0.3) is 0 Å². The Balaban J connectivity index is 1.93. The molecule has 2 aromatic carbocycles. The van der Waals surface area contributed by atoms with Crippen LogP contribution in [-0.4, -0.2) is 5.91 Å². The van der Waals surface area contributed by atoms with Crippen LogP contribution in [-0.2, 0) is 0 Å². The van der Waals surface area contributed by atoms with Crippen LogP contribution in [0.1, 0.15) is 27.7 Å². The van der Waals surface area contributed by atoms with Crippen LogP contribution in [0.5, 0.6) is 0 Å². The van der Waals surface area contributed by atoms with Crippen molar-refractivity contribution < 1.29 is 13.6 Å². The molecule has 0 aliphatic carbocycles. The fourth-order valence-corrected chi connectivity index (χ4v) is 2.27. The van der Waals surface area contributed by atoms with Crippen LogP contribution < -0.4 is 5.32 Å². The molecule has 3 nitrogen and oxygen atoms in total. The van der Waals surface area contributed by atoms with E-state index in [0.29, 0.717) is 0 Å². The lowest BCUT2D eigenvalue weighted by Crippen LogP contribution is -2.29. The van der Waals surface area contributed by atoms with E-state index in [9.17, 15) is 9.18 Å². The first-order valence-electron chi connectivity index (χ1n) is 6.89. The molecule has 0 aliphatic heterocycles. The van der Waals surface area contributed by atoms with Crippen molar-refractivity contribution >= 4 is 5.91 Å². The normalized spacial score (nSPS) is 11.9. The van der Waals surface area contributed by atoms with Gasteiger partial charge in [-0.25, -0.2) is 4.39 Å². The third kappa shape index (κ3) is 3.06. The predicted molar refractivity (Wildman–Crippen MR) is 80.9 cm³/mol. The zero-order valence-corrected chi connectivity index (χ0v) is 11.7. The molecule has 1 atom stereocenters. The topological polar surface area (TPSA) is 42.2 Å². The van der Waals surface area contributed by atoms with Gasteiger partial charge in [-0.2, -0.15) is 0 Å². The minimum atomic E-state index is -0.376. The molecule has 1 N–H and O–H groups in total. The fourth-order valence-electron chi connectivity index (χ4n) is 2.27. The summed E-state index contributed by atoms with van der Waals surface area (Å²) in [5.41, 5.74) is 1.71. The van der Waals surface area contributed by atoms with E-state index >= 15 is 0 Å². The molecule has 0 radical (unpaired) electrons. The largest absolute Gasteiger partial charge is 0.459 e. The molecule has 3 rings (SSSR count). The number of hydrogen-bond donors (Lipinski definition) is 1. The first-order valence-corrected chi connectivity index (χ1v) is 6.89. The molecule has 1 heterocycles. The van der Waals surface area contributed by atoms with E-state index in [1.165, 1.54) is 18.4 Å². The quantitative estimate of drug-likeness (QED) is 0.792. The van der Waals surface area contributed by atoms with Crippen LogP contribution in [0.4, 0.5) is 4.39 Å². The molecule has 3 aromatic rings. The molecule has 1 amide bonds. The summed E-state index contributed by atoms with van der Waals surface area (Å²) in [7, 11) is 0. The molecule has 1 unspecified atom stereocenters. The minimum absolute atomic E-state index is 0.239. The summed E-state index contributed by atoms with van der Waals surface area (Å²) in [4.78, 5) is 12.3. The lowest BCUT2D eigenvalue weighted by atomic mass is 9.98. The number of furan rings is 1. The Morgan fingerprint density at radius 2 is 1.59 bits per heavy atom. The van der Waals surface area contributed by atoms with Gasteiger partial charge >= 0.3 is 0 Å². The summed E-state index contributed by atoms with van der Waals surface area (Å²) in [6.07, 6.45) is 1.45. The molecule has 0 aliphatic rings. The predicted octanol–water partition coefficient (Wildman–Crippen LogP) is 3.94. The van der Waals surface area contributed by atoms with Crippen molar-refractivity contribution in [2.75, 3.05) is 0 Å². The fraction of sp³-hybridized carbons (Fsp3) is 0.0556. The van der Waals surface area contributed by atoms with Crippen molar-refractivity contribution in [3.05, 3.63) is 95.7 Å². The highest BCUT2D eigenvalue weighted by atomic mass is 19.1. The molecular weight excluding hydrogens is 281 g/mol. The smallest absolute Gasteiger partial charge is 0.287 e. The summed E-state index contributed by atoms with van der Waals surface area (Å²) in [5, 5.41) is 2.92.